The van der Waals surface area contributed by atoms with Crippen molar-refractivity contribution < 1.29 is 9.90 Å². The lowest BCUT2D eigenvalue weighted by molar-refractivity contribution is 0.0695. The number of carbonyl (C=O) groups is 1. The first kappa shape index (κ1) is 19.2. The van der Waals surface area contributed by atoms with E-state index < -0.39 is 11.5 Å². The predicted octanol–water partition coefficient (Wildman–Crippen LogP) is 3.51. The van der Waals surface area contributed by atoms with Gasteiger partial charge in [0.15, 0.2) is 0 Å². The quantitative estimate of drug-likeness (QED) is 0.702. The number of carboxylic acid groups (broad SMARTS) is 1. The number of aromatic nitrogens is 2. The van der Waals surface area contributed by atoms with E-state index in [9.17, 15) is 14.7 Å². The van der Waals surface area contributed by atoms with Crippen molar-refractivity contribution in [2.45, 2.75) is 19.9 Å². The van der Waals surface area contributed by atoms with Crippen LogP contribution in [0.2, 0.25) is 5.02 Å². The monoisotopic (exact) mass is 387 g/mol. The summed E-state index contributed by atoms with van der Waals surface area (Å²) in [4.78, 5) is 28.3. The van der Waals surface area contributed by atoms with Crippen LogP contribution in [-0.4, -0.2) is 39.6 Å². The molecule has 1 aromatic carbocycles. The van der Waals surface area contributed by atoms with Crippen molar-refractivity contribution in [1.82, 2.24) is 14.5 Å². The lowest BCUT2D eigenvalue weighted by Gasteiger charge is -2.12. The maximum atomic E-state index is 12.2. The highest BCUT2D eigenvalue weighted by Crippen LogP contribution is 2.34. The van der Waals surface area contributed by atoms with E-state index in [4.69, 9.17) is 11.6 Å². The van der Waals surface area contributed by atoms with E-state index in [1.807, 2.05) is 40.2 Å². The number of hydrogen-bond acceptors (Lipinski definition) is 3. The van der Waals surface area contributed by atoms with Crippen molar-refractivity contribution in [1.29, 1.82) is 0 Å². The van der Waals surface area contributed by atoms with Gasteiger partial charge in [-0.25, -0.2) is 4.79 Å². The fourth-order valence-corrected chi connectivity index (χ4v) is 3.59. The molecular formula is C20H22ClN3O3. The summed E-state index contributed by atoms with van der Waals surface area (Å²) in [6, 6.07) is 7.36. The molecule has 0 spiro atoms. The molecule has 6 nitrogen and oxygen atoms in total. The molecule has 0 fully saturated rings. The third-order valence-electron chi connectivity index (χ3n) is 4.71. The number of fused-ring (bicyclic) bond motifs is 1. The van der Waals surface area contributed by atoms with Crippen LogP contribution in [0.25, 0.3) is 22.2 Å². The molecule has 2 N–H and O–H groups in total. The first-order valence-electron chi connectivity index (χ1n) is 8.65. The molecule has 2 aromatic heterocycles. The van der Waals surface area contributed by atoms with Gasteiger partial charge in [-0.05, 0) is 50.3 Å². The van der Waals surface area contributed by atoms with Crippen LogP contribution in [0, 0.1) is 0 Å². The van der Waals surface area contributed by atoms with Gasteiger partial charge in [0.05, 0.1) is 10.7 Å². The zero-order valence-electron chi connectivity index (χ0n) is 15.8. The van der Waals surface area contributed by atoms with Crippen LogP contribution in [0.1, 0.15) is 28.5 Å². The fourth-order valence-electron chi connectivity index (χ4n) is 3.34. The third kappa shape index (κ3) is 3.50. The highest BCUT2D eigenvalue weighted by molar-refractivity contribution is 6.34. The summed E-state index contributed by atoms with van der Waals surface area (Å²) in [6.45, 7) is 2.70. The molecule has 0 aliphatic carbocycles. The van der Waals surface area contributed by atoms with Crippen LogP contribution in [0.15, 0.2) is 29.1 Å². The second-order valence-electron chi connectivity index (χ2n) is 6.89. The molecule has 0 bridgehead atoms. The SMILES string of the molecule is CCc1cc(C(=O)O)c(=O)[nH]c1-c1cc2cc(CN(C)C)n(C)c2cc1Cl. The number of nitrogens with zero attached hydrogens (tertiary/aromatic N) is 2. The van der Waals surface area contributed by atoms with Crippen LogP contribution in [0.3, 0.4) is 0 Å². The minimum Gasteiger partial charge on any atom is -0.477 e. The van der Waals surface area contributed by atoms with Gasteiger partial charge in [0.25, 0.3) is 5.56 Å². The molecule has 0 amide bonds. The van der Waals surface area contributed by atoms with Gasteiger partial charge in [-0.1, -0.05) is 18.5 Å². The highest BCUT2D eigenvalue weighted by atomic mass is 35.5. The average Bonchev–Trinajstić information content (AvgIpc) is 2.88. The number of benzene rings is 1. The van der Waals surface area contributed by atoms with Crippen molar-refractivity contribution in [3.05, 3.63) is 56.5 Å². The summed E-state index contributed by atoms with van der Waals surface area (Å²) < 4.78 is 2.10. The van der Waals surface area contributed by atoms with Crippen molar-refractivity contribution in [2.75, 3.05) is 14.1 Å². The zero-order chi connectivity index (χ0) is 19.9. The number of H-pyrrole nitrogens is 1. The minimum atomic E-state index is -1.24. The van der Waals surface area contributed by atoms with Gasteiger partial charge in [-0.15, -0.1) is 0 Å². The van der Waals surface area contributed by atoms with Crippen molar-refractivity contribution in [3.8, 4) is 11.3 Å². The molecule has 7 heteroatoms. The normalized spacial score (nSPS) is 11.5. The summed E-state index contributed by atoms with van der Waals surface area (Å²) in [5.41, 5.74) is 3.25. The van der Waals surface area contributed by atoms with Crippen LogP contribution in [0.4, 0.5) is 0 Å². The maximum Gasteiger partial charge on any atom is 0.341 e. The minimum absolute atomic E-state index is 0.263. The van der Waals surface area contributed by atoms with Crippen molar-refractivity contribution >= 4 is 28.5 Å². The number of aromatic carboxylic acids is 1. The number of halogens is 1. The van der Waals surface area contributed by atoms with Gasteiger partial charge < -0.3 is 19.6 Å². The first-order chi connectivity index (χ1) is 12.7. The third-order valence-corrected chi connectivity index (χ3v) is 5.03. The number of aromatic amines is 1. The Bertz CT molecular complexity index is 1100. The molecule has 142 valence electrons. The second-order valence-corrected chi connectivity index (χ2v) is 7.30. The van der Waals surface area contributed by atoms with Gasteiger partial charge in [0, 0.05) is 35.8 Å². The Hall–Kier alpha value is -2.57. The lowest BCUT2D eigenvalue weighted by Crippen LogP contribution is -2.19. The van der Waals surface area contributed by atoms with Crippen molar-refractivity contribution in [2.24, 2.45) is 7.05 Å². The van der Waals surface area contributed by atoms with E-state index in [-0.39, 0.29) is 5.56 Å². The Kier molecular flexibility index (Phi) is 5.13. The van der Waals surface area contributed by atoms with Gasteiger partial charge in [-0.2, -0.15) is 0 Å². The molecule has 0 unspecified atom stereocenters. The Balaban J connectivity index is 2.23. The average molecular weight is 388 g/mol. The first-order valence-corrected chi connectivity index (χ1v) is 9.03. The number of aryl methyl sites for hydroxylation is 2. The van der Waals surface area contributed by atoms with Crippen LogP contribution < -0.4 is 5.56 Å². The molecule has 0 saturated carbocycles. The van der Waals surface area contributed by atoms with Crippen molar-refractivity contribution in [3.63, 3.8) is 0 Å². The summed E-state index contributed by atoms with van der Waals surface area (Å²) in [5, 5.41) is 10.7. The smallest absolute Gasteiger partial charge is 0.341 e. The van der Waals surface area contributed by atoms with E-state index in [0.29, 0.717) is 22.7 Å². The van der Waals surface area contributed by atoms with Gasteiger partial charge in [-0.3, -0.25) is 4.79 Å². The number of rotatable bonds is 5. The van der Waals surface area contributed by atoms with E-state index in [1.54, 1.807) is 0 Å². The largest absolute Gasteiger partial charge is 0.477 e. The molecule has 2 heterocycles. The fraction of sp³-hybridized carbons (Fsp3) is 0.300. The molecular weight excluding hydrogens is 366 g/mol. The Labute approximate surface area is 162 Å². The molecule has 0 radical (unpaired) electrons. The van der Waals surface area contributed by atoms with Crippen LogP contribution >= 0.6 is 11.6 Å². The highest BCUT2D eigenvalue weighted by Gasteiger charge is 2.17. The van der Waals surface area contributed by atoms with E-state index in [1.165, 1.54) is 6.07 Å². The van der Waals surface area contributed by atoms with E-state index in [2.05, 4.69) is 20.5 Å². The molecule has 0 saturated heterocycles. The summed E-state index contributed by atoms with van der Waals surface area (Å²) in [7, 11) is 6.02. The lowest BCUT2D eigenvalue weighted by atomic mass is 10.0. The molecule has 27 heavy (non-hydrogen) atoms. The predicted molar refractivity (Wildman–Crippen MR) is 108 cm³/mol. The Morgan fingerprint density at radius 2 is 1.96 bits per heavy atom. The van der Waals surface area contributed by atoms with Gasteiger partial charge in [0.2, 0.25) is 0 Å². The molecule has 0 aliphatic rings. The summed E-state index contributed by atoms with van der Waals surface area (Å²) >= 11 is 6.55. The molecule has 0 atom stereocenters. The topological polar surface area (TPSA) is 78.3 Å². The maximum absolute atomic E-state index is 12.2. The Morgan fingerprint density at radius 3 is 2.56 bits per heavy atom. The Morgan fingerprint density at radius 1 is 1.26 bits per heavy atom. The van der Waals surface area contributed by atoms with Crippen LogP contribution in [0.5, 0.6) is 0 Å². The second kappa shape index (κ2) is 7.21. The van der Waals surface area contributed by atoms with Crippen LogP contribution in [-0.2, 0) is 20.0 Å². The van der Waals surface area contributed by atoms with E-state index >= 15 is 0 Å². The number of hydrogen-bond donors (Lipinski definition) is 2. The number of carboxylic acids is 1. The van der Waals surface area contributed by atoms with Gasteiger partial charge >= 0.3 is 5.97 Å². The van der Waals surface area contributed by atoms with Gasteiger partial charge in [0.1, 0.15) is 5.56 Å². The summed E-state index contributed by atoms with van der Waals surface area (Å²) in [6.07, 6.45) is 0.571. The molecule has 0 aliphatic heterocycles. The standard InChI is InChI=1S/C20H22ClN3O3/c1-5-11-7-15(20(26)27)19(25)22-18(11)14-8-12-6-13(10-23(2)3)24(4)17(12)9-16(14)21/h6-9H,5,10H2,1-4H3,(H,22,25)(H,26,27). The zero-order valence-corrected chi connectivity index (χ0v) is 16.5. The number of pyridine rings is 1. The number of nitrogens with one attached hydrogen (secondary N) is 1. The summed E-state index contributed by atoms with van der Waals surface area (Å²) in [5.74, 6) is -1.24. The molecule has 3 rings (SSSR count). The molecule has 3 aromatic rings. The van der Waals surface area contributed by atoms with E-state index in [0.717, 1.165) is 28.7 Å².